The third kappa shape index (κ3) is 2.07. The van der Waals surface area contributed by atoms with E-state index in [0.29, 0.717) is 5.92 Å². The molecule has 1 aromatic heterocycles. The van der Waals surface area contributed by atoms with Crippen molar-refractivity contribution in [3.8, 4) is 0 Å². The van der Waals surface area contributed by atoms with E-state index in [4.69, 9.17) is 0 Å². The highest BCUT2D eigenvalue weighted by Crippen LogP contribution is 2.20. The van der Waals surface area contributed by atoms with Crippen LogP contribution in [0.15, 0.2) is 18.3 Å². The van der Waals surface area contributed by atoms with Crippen LogP contribution in [0.3, 0.4) is 0 Å². The van der Waals surface area contributed by atoms with Crippen LogP contribution < -0.4 is 5.32 Å². The number of nitrogens with zero attached hydrogens (tertiary/aromatic N) is 1. The lowest BCUT2D eigenvalue weighted by molar-refractivity contribution is 0.0907. The fraction of sp³-hybridized carbons (Fsp3) is 0.500. The van der Waals surface area contributed by atoms with Crippen molar-refractivity contribution in [1.82, 2.24) is 10.3 Å². The van der Waals surface area contributed by atoms with Gasteiger partial charge in [-0.25, -0.2) is 0 Å². The van der Waals surface area contributed by atoms with Gasteiger partial charge in [0, 0.05) is 29.9 Å². The first-order chi connectivity index (χ1) is 7.18. The molecule has 1 fully saturated rings. The van der Waals surface area contributed by atoms with E-state index in [1.165, 1.54) is 0 Å². The number of hydrogen-bond acceptors (Lipinski definition) is 3. The first kappa shape index (κ1) is 10.3. The molecule has 1 saturated heterocycles. The molecule has 80 valence electrons. The zero-order chi connectivity index (χ0) is 10.8. The number of pyridine rings is 1. The van der Waals surface area contributed by atoms with Gasteiger partial charge in [0.1, 0.15) is 0 Å². The van der Waals surface area contributed by atoms with Crippen molar-refractivity contribution < 1.29 is 4.79 Å². The van der Waals surface area contributed by atoms with Crippen LogP contribution in [0.25, 0.3) is 0 Å². The van der Waals surface area contributed by atoms with Crippen LogP contribution in [0.1, 0.15) is 23.0 Å². The molecule has 0 bridgehead atoms. The molecule has 2 unspecified atom stereocenters. The summed E-state index contributed by atoms with van der Waals surface area (Å²) < 4.78 is 0. The van der Waals surface area contributed by atoms with Crippen LogP contribution >= 0.6 is 0 Å². The second-order valence-electron chi connectivity index (χ2n) is 4.29. The van der Waals surface area contributed by atoms with Crippen LogP contribution in [0.2, 0.25) is 0 Å². The van der Waals surface area contributed by atoms with E-state index in [-0.39, 0.29) is 11.7 Å². The Kier molecular flexibility index (Phi) is 2.82. The standard InChI is InChI=1S/C12H16N2O/c1-8-5-13-7-11(8)12(15)10-4-3-9(2)14-6-10/h3-4,6,8,11,13H,5,7H2,1-2H3. The Balaban J connectivity index is 2.17. The lowest BCUT2D eigenvalue weighted by Gasteiger charge is -2.12. The number of carbonyl (C=O) groups is 1. The summed E-state index contributed by atoms with van der Waals surface area (Å²) in [7, 11) is 0. The number of ketones is 1. The fourth-order valence-electron chi connectivity index (χ4n) is 1.99. The molecular weight excluding hydrogens is 188 g/mol. The fourth-order valence-corrected chi connectivity index (χ4v) is 1.99. The Labute approximate surface area is 89.9 Å². The summed E-state index contributed by atoms with van der Waals surface area (Å²) in [6.45, 7) is 5.78. The molecular formula is C12H16N2O. The summed E-state index contributed by atoms with van der Waals surface area (Å²) in [5.41, 5.74) is 1.69. The third-order valence-electron chi connectivity index (χ3n) is 3.05. The molecule has 0 spiro atoms. The lowest BCUT2D eigenvalue weighted by atomic mass is 9.90. The number of nitrogens with one attached hydrogen (secondary N) is 1. The van der Waals surface area contributed by atoms with Gasteiger partial charge >= 0.3 is 0 Å². The molecule has 0 aromatic carbocycles. The van der Waals surface area contributed by atoms with Gasteiger partial charge in [-0.1, -0.05) is 6.92 Å². The topological polar surface area (TPSA) is 42.0 Å². The predicted octanol–water partition coefficient (Wildman–Crippen LogP) is 1.43. The average molecular weight is 204 g/mol. The maximum Gasteiger partial charge on any atom is 0.169 e. The highest BCUT2D eigenvalue weighted by atomic mass is 16.1. The van der Waals surface area contributed by atoms with Gasteiger partial charge in [0.25, 0.3) is 0 Å². The van der Waals surface area contributed by atoms with Crippen LogP contribution in [0.5, 0.6) is 0 Å². The molecule has 2 heterocycles. The number of Topliss-reactive ketones (excluding diaryl/α,β-unsaturated/α-hetero) is 1. The van der Waals surface area contributed by atoms with E-state index in [9.17, 15) is 4.79 Å². The summed E-state index contributed by atoms with van der Waals surface area (Å²) >= 11 is 0. The van der Waals surface area contributed by atoms with Gasteiger partial charge in [-0.2, -0.15) is 0 Å². The lowest BCUT2D eigenvalue weighted by Crippen LogP contribution is -2.21. The van der Waals surface area contributed by atoms with Gasteiger partial charge in [0.15, 0.2) is 5.78 Å². The Bertz CT molecular complexity index is 358. The first-order valence-electron chi connectivity index (χ1n) is 5.36. The molecule has 1 aromatic rings. The number of aryl methyl sites for hydroxylation is 1. The summed E-state index contributed by atoms with van der Waals surface area (Å²) in [6, 6.07) is 3.76. The van der Waals surface area contributed by atoms with Crippen LogP contribution in [0, 0.1) is 18.8 Å². The summed E-state index contributed by atoms with van der Waals surface area (Å²) in [5.74, 6) is 0.772. The highest BCUT2D eigenvalue weighted by molar-refractivity contribution is 5.98. The molecule has 2 atom stereocenters. The molecule has 3 nitrogen and oxygen atoms in total. The van der Waals surface area contributed by atoms with Crippen molar-refractivity contribution in [2.75, 3.05) is 13.1 Å². The monoisotopic (exact) mass is 204 g/mol. The molecule has 1 aliphatic rings. The molecule has 15 heavy (non-hydrogen) atoms. The van der Waals surface area contributed by atoms with E-state index in [1.807, 2.05) is 19.1 Å². The van der Waals surface area contributed by atoms with Gasteiger partial charge in [0.05, 0.1) is 0 Å². The minimum Gasteiger partial charge on any atom is -0.316 e. The number of rotatable bonds is 2. The average Bonchev–Trinajstić information content (AvgIpc) is 2.65. The van der Waals surface area contributed by atoms with Crippen molar-refractivity contribution in [1.29, 1.82) is 0 Å². The molecule has 3 heteroatoms. The van der Waals surface area contributed by atoms with Gasteiger partial charge < -0.3 is 5.32 Å². The smallest absolute Gasteiger partial charge is 0.169 e. The van der Waals surface area contributed by atoms with Crippen molar-refractivity contribution in [2.45, 2.75) is 13.8 Å². The van der Waals surface area contributed by atoms with Gasteiger partial charge in [-0.05, 0) is 31.5 Å². The SMILES string of the molecule is Cc1ccc(C(=O)C2CNCC2C)cn1. The van der Waals surface area contributed by atoms with Crippen molar-refractivity contribution in [3.63, 3.8) is 0 Å². The van der Waals surface area contributed by atoms with Gasteiger partial charge in [-0.15, -0.1) is 0 Å². The predicted molar refractivity (Wildman–Crippen MR) is 58.8 cm³/mol. The molecule has 1 N–H and O–H groups in total. The Morgan fingerprint density at radius 3 is 2.80 bits per heavy atom. The van der Waals surface area contributed by atoms with Crippen molar-refractivity contribution in [2.24, 2.45) is 11.8 Å². The minimum absolute atomic E-state index is 0.120. The third-order valence-corrected chi connectivity index (χ3v) is 3.05. The molecule has 2 rings (SSSR count). The van der Waals surface area contributed by atoms with E-state index >= 15 is 0 Å². The van der Waals surface area contributed by atoms with E-state index in [0.717, 1.165) is 24.3 Å². The minimum atomic E-state index is 0.120. The van der Waals surface area contributed by atoms with Crippen LogP contribution in [0.4, 0.5) is 0 Å². The number of carbonyl (C=O) groups excluding carboxylic acids is 1. The normalized spacial score (nSPS) is 25.5. The zero-order valence-corrected chi connectivity index (χ0v) is 9.16. The molecule has 1 aliphatic heterocycles. The summed E-state index contributed by atoms with van der Waals surface area (Å²) in [4.78, 5) is 16.2. The molecule has 0 saturated carbocycles. The Morgan fingerprint density at radius 1 is 1.47 bits per heavy atom. The van der Waals surface area contributed by atoms with E-state index in [1.54, 1.807) is 6.20 Å². The van der Waals surface area contributed by atoms with Gasteiger partial charge in [-0.3, -0.25) is 9.78 Å². The zero-order valence-electron chi connectivity index (χ0n) is 9.16. The molecule has 0 radical (unpaired) electrons. The van der Waals surface area contributed by atoms with Crippen molar-refractivity contribution >= 4 is 5.78 Å². The highest BCUT2D eigenvalue weighted by Gasteiger charge is 2.30. The second-order valence-corrected chi connectivity index (χ2v) is 4.29. The van der Waals surface area contributed by atoms with Crippen molar-refractivity contribution in [3.05, 3.63) is 29.6 Å². The Hall–Kier alpha value is -1.22. The molecule has 0 amide bonds. The summed E-state index contributed by atoms with van der Waals surface area (Å²) in [6.07, 6.45) is 1.68. The molecule has 0 aliphatic carbocycles. The summed E-state index contributed by atoms with van der Waals surface area (Å²) in [5, 5.41) is 3.24. The first-order valence-corrected chi connectivity index (χ1v) is 5.36. The maximum atomic E-state index is 12.1. The Morgan fingerprint density at radius 2 is 2.27 bits per heavy atom. The number of aromatic nitrogens is 1. The maximum absolute atomic E-state index is 12.1. The quantitative estimate of drug-likeness (QED) is 0.741. The largest absolute Gasteiger partial charge is 0.316 e. The van der Waals surface area contributed by atoms with Crippen LogP contribution in [-0.2, 0) is 0 Å². The van der Waals surface area contributed by atoms with Crippen LogP contribution in [-0.4, -0.2) is 23.9 Å². The van der Waals surface area contributed by atoms with E-state index in [2.05, 4.69) is 17.2 Å². The second kappa shape index (κ2) is 4.11. The number of hydrogen-bond donors (Lipinski definition) is 1. The van der Waals surface area contributed by atoms with E-state index < -0.39 is 0 Å². The van der Waals surface area contributed by atoms with Gasteiger partial charge in [0.2, 0.25) is 0 Å².